The summed E-state index contributed by atoms with van der Waals surface area (Å²) in [5, 5.41) is 2.38. The van der Waals surface area contributed by atoms with Gasteiger partial charge in [-0.1, -0.05) is 48.5 Å². The number of aromatic amines is 1. The molecule has 0 unspecified atom stereocenters. The summed E-state index contributed by atoms with van der Waals surface area (Å²) in [4.78, 5) is 3.54. The van der Waals surface area contributed by atoms with E-state index in [1.807, 2.05) is 24.3 Å². The van der Waals surface area contributed by atoms with E-state index in [1.54, 1.807) is 0 Å². The highest BCUT2D eigenvalue weighted by Crippen LogP contribution is 2.38. The third kappa shape index (κ3) is 2.32. The molecule has 0 aliphatic carbocycles. The van der Waals surface area contributed by atoms with Gasteiger partial charge in [0.25, 0.3) is 0 Å². The van der Waals surface area contributed by atoms with Gasteiger partial charge < -0.3 is 4.98 Å². The van der Waals surface area contributed by atoms with Crippen molar-refractivity contribution >= 4 is 45.0 Å². The predicted molar refractivity (Wildman–Crippen MR) is 100 cm³/mol. The van der Waals surface area contributed by atoms with Gasteiger partial charge in [0.15, 0.2) is 0 Å². The molecule has 1 aromatic heterocycles. The van der Waals surface area contributed by atoms with Crippen molar-refractivity contribution in [1.82, 2.24) is 4.98 Å². The number of hydrogen-bond donors (Lipinski definition) is 1. The SMILES string of the molecule is ClCc1c(-c2ccccc2)cc(CCl)c2c1[nH]c1ccccc12. The molecule has 0 amide bonds. The Morgan fingerprint density at radius 2 is 1.57 bits per heavy atom. The Labute approximate surface area is 144 Å². The summed E-state index contributed by atoms with van der Waals surface area (Å²) in [5.41, 5.74) is 6.78. The second-order valence-corrected chi connectivity index (χ2v) is 6.15. The number of alkyl halides is 2. The highest BCUT2D eigenvalue weighted by molar-refractivity contribution is 6.22. The van der Waals surface area contributed by atoms with Crippen molar-refractivity contribution in [3.63, 3.8) is 0 Å². The maximum absolute atomic E-state index is 6.33. The maximum Gasteiger partial charge on any atom is 0.0519 e. The van der Waals surface area contributed by atoms with Crippen LogP contribution in [0.1, 0.15) is 11.1 Å². The van der Waals surface area contributed by atoms with Crippen molar-refractivity contribution in [1.29, 1.82) is 0 Å². The van der Waals surface area contributed by atoms with Crippen LogP contribution in [0.3, 0.4) is 0 Å². The van der Waals surface area contributed by atoms with Crippen LogP contribution in [-0.4, -0.2) is 4.98 Å². The number of aromatic nitrogens is 1. The van der Waals surface area contributed by atoms with Gasteiger partial charge in [0.2, 0.25) is 0 Å². The zero-order chi connectivity index (χ0) is 15.8. The lowest BCUT2D eigenvalue weighted by Gasteiger charge is -2.12. The number of halogens is 2. The Hall–Kier alpha value is -1.96. The van der Waals surface area contributed by atoms with Crippen molar-refractivity contribution in [3.05, 3.63) is 71.8 Å². The van der Waals surface area contributed by atoms with Crippen molar-refractivity contribution in [2.75, 3.05) is 0 Å². The Bertz CT molecular complexity index is 987. The van der Waals surface area contributed by atoms with Gasteiger partial charge in [-0.25, -0.2) is 0 Å². The van der Waals surface area contributed by atoms with E-state index in [4.69, 9.17) is 23.2 Å². The normalized spacial score (nSPS) is 11.4. The zero-order valence-corrected chi connectivity index (χ0v) is 14.0. The van der Waals surface area contributed by atoms with Crippen molar-refractivity contribution in [2.24, 2.45) is 0 Å². The number of hydrogen-bond acceptors (Lipinski definition) is 0. The summed E-state index contributed by atoms with van der Waals surface area (Å²) in [7, 11) is 0. The largest absolute Gasteiger partial charge is 0.354 e. The third-order valence-corrected chi connectivity index (χ3v) is 4.89. The van der Waals surface area contributed by atoms with E-state index >= 15 is 0 Å². The van der Waals surface area contributed by atoms with Crippen LogP contribution in [0.15, 0.2) is 60.7 Å². The second kappa shape index (κ2) is 5.92. The first-order valence-corrected chi connectivity index (χ1v) is 8.63. The van der Waals surface area contributed by atoms with Crippen LogP contribution in [0, 0.1) is 0 Å². The minimum Gasteiger partial charge on any atom is -0.354 e. The molecule has 1 nitrogen and oxygen atoms in total. The molecule has 114 valence electrons. The van der Waals surface area contributed by atoms with Gasteiger partial charge in [0.1, 0.15) is 0 Å². The monoisotopic (exact) mass is 339 g/mol. The van der Waals surface area contributed by atoms with Gasteiger partial charge in [-0.05, 0) is 34.4 Å². The van der Waals surface area contributed by atoms with Gasteiger partial charge in [0, 0.05) is 22.2 Å². The summed E-state index contributed by atoms with van der Waals surface area (Å²) >= 11 is 12.6. The molecule has 0 radical (unpaired) electrons. The van der Waals surface area contributed by atoms with Crippen LogP contribution in [0.2, 0.25) is 0 Å². The third-order valence-electron chi connectivity index (χ3n) is 4.34. The smallest absolute Gasteiger partial charge is 0.0519 e. The van der Waals surface area contributed by atoms with E-state index in [2.05, 4.69) is 41.4 Å². The topological polar surface area (TPSA) is 15.8 Å². The Morgan fingerprint density at radius 3 is 2.30 bits per heavy atom. The highest BCUT2D eigenvalue weighted by atomic mass is 35.5. The zero-order valence-electron chi connectivity index (χ0n) is 12.4. The molecule has 4 rings (SSSR count). The lowest BCUT2D eigenvalue weighted by molar-refractivity contribution is 1.36. The van der Waals surface area contributed by atoms with Crippen LogP contribution in [-0.2, 0) is 11.8 Å². The van der Waals surface area contributed by atoms with E-state index in [9.17, 15) is 0 Å². The fourth-order valence-electron chi connectivity index (χ4n) is 3.29. The van der Waals surface area contributed by atoms with Gasteiger partial charge >= 0.3 is 0 Å². The molecular weight excluding hydrogens is 325 g/mol. The van der Waals surface area contributed by atoms with Gasteiger partial charge in [-0.15, -0.1) is 23.2 Å². The van der Waals surface area contributed by atoms with Gasteiger partial charge in [0.05, 0.1) is 11.4 Å². The fraction of sp³-hybridized carbons (Fsp3) is 0.100. The molecule has 3 heteroatoms. The number of fused-ring (bicyclic) bond motifs is 3. The van der Waals surface area contributed by atoms with Crippen LogP contribution in [0.5, 0.6) is 0 Å². The Morgan fingerprint density at radius 1 is 0.826 bits per heavy atom. The Kier molecular flexibility index (Phi) is 3.76. The molecule has 0 bridgehead atoms. The molecule has 23 heavy (non-hydrogen) atoms. The lowest BCUT2D eigenvalue weighted by Crippen LogP contribution is -1.92. The van der Waals surface area contributed by atoms with E-state index in [-0.39, 0.29) is 0 Å². The molecule has 1 N–H and O–H groups in total. The van der Waals surface area contributed by atoms with Crippen LogP contribution < -0.4 is 0 Å². The number of rotatable bonds is 3. The van der Waals surface area contributed by atoms with Crippen LogP contribution >= 0.6 is 23.2 Å². The summed E-state index contributed by atoms with van der Waals surface area (Å²) in [6.07, 6.45) is 0. The van der Waals surface area contributed by atoms with Gasteiger partial charge in [-0.3, -0.25) is 0 Å². The van der Waals surface area contributed by atoms with Crippen molar-refractivity contribution < 1.29 is 0 Å². The number of nitrogens with one attached hydrogen (secondary N) is 1. The molecule has 4 aromatic rings. The molecule has 1 heterocycles. The molecular formula is C20H15Cl2N. The first-order chi connectivity index (χ1) is 11.3. The van der Waals surface area contributed by atoms with Gasteiger partial charge in [-0.2, -0.15) is 0 Å². The molecule has 0 aliphatic heterocycles. The number of H-pyrrole nitrogens is 1. The molecule has 0 spiro atoms. The molecule has 0 saturated heterocycles. The quantitative estimate of drug-likeness (QED) is 0.412. The standard InChI is InChI=1S/C20H15Cl2N/c21-11-14-10-16(13-6-2-1-3-7-13)17(12-22)20-19(14)15-8-4-5-9-18(15)23-20/h1-10,23H,11-12H2. The highest BCUT2D eigenvalue weighted by Gasteiger charge is 2.16. The number of benzene rings is 3. The van der Waals surface area contributed by atoms with E-state index in [1.165, 1.54) is 10.8 Å². The second-order valence-electron chi connectivity index (χ2n) is 5.62. The summed E-state index contributed by atoms with van der Waals surface area (Å²) in [5.74, 6) is 0.927. The van der Waals surface area contributed by atoms with Crippen LogP contribution in [0.25, 0.3) is 32.9 Å². The average molecular weight is 340 g/mol. The van der Waals surface area contributed by atoms with Crippen molar-refractivity contribution in [3.8, 4) is 11.1 Å². The number of para-hydroxylation sites is 1. The Balaban J connectivity index is 2.15. The minimum atomic E-state index is 0.454. The first kappa shape index (κ1) is 14.6. The molecule has 0 saturated carbocycles. The minimum absolute atomic E-state index is 0.454. The van der Waals surface area contributed by atoms with E-state index in [0.29, 0.717) is 11.8 Å². The van der Waals surface area contributed by atoms with Crippen molar-refractivity contribution in [2.45, 2.75) is 11.8 Å². The molecule has 3 aromatic carbocycles. The molecule has 0 atom stereocenters. The summed E-state index contributed by atoms with van der Waals surface area (Å²) < 4.78 is 0. The average Bonchev–Trinajstić information content (AvgIpc) is 3.00. The van der Waals surface area contributed by atoms with Crippen LogP contribution in [0.4, 0.5) is 0 Å². The lowest BCUT2D eigenvalue weighted by atomic mass is 9.94. The van der Waals surface area contributed by atoms with E-state index in [0.717, 1.165) is 33.3 Å². The predicted octanol–water partition coefficient (Wildman–Crippen LogP) is 6.47. The summed E-state index contributed by atoms with van der Waals surface area (Å²) in [6, 6.07) is 20.8. The maximum atomic E-state index is 6.33. The fourth-order valence-corrected chi connectivity index (χ4v) is 3.78. The molecule has 0 aliphatic rings. The summed E-state index contributed by atoms with van der Waals surface area (Å²) in [6.45, 7) is 0. The molecule has 0 fully saturated rings. The van der Waals surface area contributed by atoms with E-state index < -0.39 is 0 Å². The first-order valence-electron chi connectivity index (χ1n) is 7.56.